The molecule has 2 rings (SSSR count). The van der Waals surface area contributed by atoms with Crippen LogP contribution < -0.4 is 0 Å². The molecule has 1 aromatic heterocycles. The minimum Gasteiger partial charge on any atom is -0.369 e. The van der Waals surface area contributed by atoms with E-state index in [1.54, 1.807) is 14.1 Å². The number of likely N-dealkylation sites (N-methyl/N-ethyl adjacent to an activating group) is 1. The van der Waals surface area contributed by atoms with Crippen molar-refractivity contribution in [1.29, 1.82) is 0 Å². The molecule has 1 aliphatic heterocycles. The summed E-state index contributed by atoms with van der Waals surface area (Å²) in [4.78, 5) is 20.0. The van der Waals surface area contributed by atoms with E-state index in [-0.39, 0.29) is 24.2 Å². The van der Waals surface area contributed by atoms with Gasteiger partial charge in [-0.3, -0.25) is 14.7 Å². The quantitative estimate of drug-likeness (QED) is 0.788. The zero-order valence-corrected chi connectivity index (χ0v) is 15.4. The monoisotopic (exact) mass is 335 g/mol. The van der Waals surface area contributed by atoms with Gasteiger partial charge in [-0.15, -0.1) is 0 Å². The van der Waals surface area contributed by atoms with Gasteiger partial charge < -0.3 is 14.4 Å². The maximum Gasteiger partial charge on any atom is 0.248 e. The fourth-order valence-electron chi connectivity index (χ4n) is 2.93. The molecular formula is C18H29N3O3. The second-order valence-corrected chi connectivity index (χ2v) is 7.24. The normalized spacial score (nSPS) is 20.8. The average Bonchev–Trinajstić information content (AvgIpc) is 2.48. The summed E-state index contributed by atoms with van der Waals surface area (Å²) >= 11 is 0. The van der Waals surface area contributed by atoms with E-state index in [2.05, 4.69) is 36.7 Å². The van der Waals surface area contributed by atoms with Gasteiger partial charge in [-0.05, 0) is 32.4 Å². The van der Waals surface area contributed by atoms with E-state index < -0.39 is 0 Å². The van der Waals surface area contributed by atoms with Crippen LogP contribution in [0.5, 0.6) is 0 Å². The first-order valence-electron chi connectivity index (χ1n) is 8.35. The van der Waals surface area contributed by atoms with E-state index in [1.807, 2.05) is 12.3 Å². The predicted octanol–water partition coefficient (Wildman–Crippen LogP) is 1.47. The number of aromatic nitrogens is 1. The van der Waals surface area contributed by atoms with Crippen LogP contribution in [0, 0.1) is 6.92 Å². The number of morpholine rings is 1. The zero-order valence-electron chi connectivity index (χ0n) is 15.4. The fraction of sp³-hybridized carbons (Fsp3) is 0.667. The lowest BCUT2D eigenvalue weighted by molar-refractivity contribution is -0.161. The first-order valence-corrected chi connectivity index (χ1v) is 8.35. The smallest absolute Gasteiger partial charge is 0.248 e. The molecule has 1 aliphatic rings. The van der Waals surface area contributed by atoms with Gasteiger partial charge in [0.15, 0.2) is 0 Å². The Morgan fingerprint density at radius 2 is 2.25 bits per heavy atom. The van der Waals surface area contributed by atoms with Gasteiger partial charge in [0.1, 0.15) is 6.61 Å². The third-order valence-electron chi connectivity index (χ3n) is 4.07. The van der Waals surface area contributed by atoms with Gasteiger partial charge in [-0.2, -0.15) is 0 Å². The largest absolute Gasteiger partial charge is 0.369 e. The molecule has 0 unspecified atom stereocenters. The summed E-state index contributed by atoms with van der Waals surface area (Å²) in [5.74, 6) is -0.0361. The van der Waals surface area contributed by atoms with E-state index in [1.165, 1.54) is 10.5 Å². The number of rotatable bonds is 6. The molecular weight excluding hydrogens is 306 g/mol. The molecule has 0 bridgehead atoms. The summed E-state index contributed by atoms with van der Waals surface area (Å²) in [6.07, 6.45) is 1.79. The maximum atomic E-state index is 11.6. The number of carbonyl (C=O) groups is 1. The van der Waals surface area contributed by atoms with Crippen LogP contribution in [0.25, 0.3) is 0 Å². The van der Waals surface area contributed by atoms with E-state index in [0.717, 1.165) is 25.3 Å². The summed E-state index contributed by atoms with van der Waals surface area (Å²) in [7, 11) is 3.45. The third kappa shape index (κ3) is 5.54. The van der Waals surface area contributed by atoms with Crippen LogP contribution in [-0.4, -0.2) is 72.8 Å². The number of ether oxygens (including phenoxy) is 2. The number of carbonyl (C=O) groups excluding carboxylic acids is 1. The lowest BCUT2D eigenvalue weighted by atomic mass is 10.0. The number of pyridine rings is 1. The second-order valence-electron chi connectivity index (χ2n) is 7.24. The summed E-state index contributed by atoms with van der Waals surface area (Å²) in [5, 5.41) is 0. The number of nitrogens with zero attached hydrogens (tertiary/aromatic N) is 3. The summed E-state index contributed by atoms with van der Waals surface area (Å²) in [6, 6.07) is 4.04. The molecule has 1 amide bonds. The van der Waals surface area contributed by atoms with Crippen LogP contribution in [-0.2, 0) is 20.8 Å². The number of hydrogen-bond donors (Lipinski definition) is 0. The van der Waals surface area contributed by atoms with Gasteiger partial charge in [-0.25, -0.2) is 0 Å². The van der Waals surface area contributed by atoms with Crippen molar-refractivity contribution in [1.82, 2.24) is 14.8 Å². The summed E-state index contributed by atoms with van der Waals surface area (Å²) < 4.78 is 11.7. The fourth-order valence-corrected chi connectivity index (χ4v) is 2.93. The maximum absolute atomic E-state index is 11.6. The van der Waals surface area contributed by atoms with Crippen molar-refractivity contribution in [3.8, 4) is 0 Å². The van der Waals surface area contributed by atoms with Crippen LogP contribution in [0.4, 0.5) is 0 Å². The molecule has 6 nitrogen and oxygen atoms in total. The molecule has 1 atom stereocenters. The van der Waals surface area contributed by atoms with E-state index in [4.69, 9.17) is 9.47 Å². The number of amides is 1. The number of hydrogen-bond acceptors (Lipinski definition) is 5. The van der Waals surface area contributed by atoms with E-state index in [0.29, 0.717) is 6.61 Å². The van der Waals surface area contributed by atoms with Gasteiger partial charge in [0, 0.05) is 39.9 Å². The molecule has 0 saturated carbocycles. The van der Waals surface area contributed by atoms with E-state index in [9.17, 15) is 4.79 Å². The lowest BCUT2D eigenvalue weighted by Gasteiger charge is -2.42. The van der Waals surface area contributed by atoms with Crippen LogP contribution in [0.1, 0.15) is 25.1 Å². The molecule has 2 heterocycles. The second kappa shape index (κ2) is 8.05. The summed E-state index contributed by atoms with van der Waals surface area (Å²) in [5.41, 5.74) is 2.05. The predicted molar refractivity (Wildman–Crippen MR) is 92.7 cm³/mol. The van der Waals surface area contributed by atoms with Crippen LogP contribution >= 0.6 is 0 Å². The Morgan fingerprint density at radius 3 is 2.92 bits per heavy atom. The Balaban J connectivity index is 1.91. The number of aryl methyl sites for hydroxylation is 1. The van der Waals surface area contributed by atoms with Crippen molar-refractivity contribution < 1.29 is 14.3 Å². The van der Waals surface area contributed by atoms with Gasteiger partial charge in [0.25, 0.3) is 0 Å². The molecule has 1 saturated heterocycles. The highest BCUT2D eigenvalue weighted by atomic mass is 16.5. The Morgan fingerprint density at radius 1 is 1.50 bits per heavy atom. The highest BCUT2D eigenvalue weighted by molar-refractivity contribution is 5.76. The molecule has 0 N–H and O–H groups in total. The molecule has 6 heteroatoms. The van der Waals surface area contributed by atoms with Crippen LogP contribution in [0.15, 0.2) is 18.3 Å². The highest BCUT2D eigenvalue weighted by Crippen LogP contribution is 2.23. The molecule has 1 fully saturated rings. The first kappa shape index (κ1) is 18.8. The molecule has 24 heavy (non-hydrogen) atoms. The minimum absolute atomic E-state index is 0.0361. The minimum atomic E-state index is -0.249. The lowest BCUT2D eigenvalue weighted by Crippen LogP contribution is -2.53. The van der Waals surface area contributed by atoms with Crippen molar-refractivity contribution in [2.45, 2.75) is 39.0 Å². The Kier molecular flexibility index (Phi) is 6.32. The van der Waals surface area contributed by atoms with Gasteiger partial charge >= 0.3 is 0 Å². The summed E-state index contributed by atoms with van der Waals surface area (Å²) in [6.45, 7) is 9.18. The van der Waals surface area contributed by atoms with Gasteiger partial charge in [0.05, 0.1) is 24.0 Å². The van der Waals surface area contributed by atoms with Crippen molar-refractivity contribution in [2.24, 2.45) is 0 Å². The van der Waals surface area contributed by atoms with Gasteiger partial charge in [0.2, 0.25) is 5.91 Å². The van der Waals surface area contributed by atoms with Crippen molar-refractivity contribution in [3.63, 3.8) is 0 Å². The van der Waals surface area contributed by atoms with Gasteiger partial charge in [-0.1, -0.05) is 6.07 Å². The van der Waals surface area contributed by atoms with E-state index >= 15 is 0 Å². The van der Waals surface area contributed by atoms with Crippen LogP contribution in [0.2, 0.25) is 0 Å². The third-order valence-corrected chi connectivity index (χ3v) is 4.07. The Bertz CT molecular complexity index is 560. The zero-order chi connectivity index (χ0) is 17.7. The molecule has 0 aromatic carbocycles. The molecule has 0 aliphatic carbocycles. The topological polar surface area (TPSA) is 54.9 Å². The highest BCUT2D eigenvalue weighted by Gasteiger charge is 2.33. The molecule has 0 spiro atoms. The molecule has 1 aromatic rings. The Labute approximate surface area is 144 Å². The van der Waals surface area contributed by atoms with Crippen LogP contribution in [0.3, 0.4) is 0 Å². The van der Waals surface area contributed by atoms with Crippen molar-refractivity contribution in [2.75, 3.05) is 40.4 Å². The van der Waals surface area contributed by atoms with Crippen molar-refractivity contribution >= 4 is 5.91 Å². The SMILES string of the molecule is Cc1cccnc1CN1C[C@H](COCC(=O)N(C)C)OC(C)(C)C1. The first-order chi connectivity index (χ1) is 11.3. The average molecular weight is 335 g/mol. The Hall–Kier alpha value is -1.50. The molecule has 134 valence electrons. The van der Waals surface area contributed by atoms with Crippen molar-refractivity contribution in [3.05, 3.63) is 29.6 Å². The standard InChI is InChI=1S/C18H29N3O3/c1-14-7-6-8-19-16(14)10-21-9-15(24-18(2,3)13-21)11-23-12-17(22)20(4)5/h6-8,15H,9-13H2,1-5H3/t15-/m1/s1. The molecule has 0 radical (unpaired) electrons.